The normalized spacial score (nSPS) is 19.3. The molecule has 0 radical (unpaired) electrons. The fourth-order valence-electron chi connectivity index (χ4n) is 2.87. The summed E-state index contributed by atoms with van der Waals surface area (Å²) in [6.07, 6.45) is 0.378. The number of carbonyl (C=O) groups is 2. The van der Waals surface area contributed by atoms with Crippen LogP contribution in [0.3, 0.4) is 0 Å². The SMILES string of the molecule is Cc1ccc(S(=O)(=O)N2CCC[C@@H]2NC(=O)N[C@@H](C(=O)O)C(C)C)cc1. The smallest absolute Gasteiger partial charge is 0.326 e. The van der Waals surface area contributed by atoms with Gasteiger partial charge in [0.2, 0.25) is 10.0 Å². The number of benzene rings is 1. The van der Waals surface area contributed by atoms with Crippen molar-refractivity contribution in [3.8, 4) is 0 Å². The quantitative estimate of drug-likeness (QED) is 0.689. The van der Waals surface area contributed by atoms with Crippen molar-refractivity contribution in [2.45, 2.75) is 50.7 Å². The van der Waals surface area contributed by atoms with Crippen LogP contribution in [0.4, 0.5) is 4.79 Å². The van der Waals surface area contributed by atoms with Crippen LogP contribution in [-0.2, 0) is 14.8 Å². The number of urea groups is 1. The minimum absolute atomic E-state index is 0.169. The lowest BCUT2D eigenvalue weighted by molar-refractivity contribution is -0.140. The van der Waals surface area contributed by atoms with Gasteiger partial charge in [-0.1, -0.05) is 31.5 Å². The van der Waals surface area contributed by atoms with Crippen molar-refractivity contribution < 1.29 is 23.1 Å². The third kappa shape index (κ3) is 4.53. The van der Waals surface area contributed by atoms with Gasteiger partial charge in [0.05, 0.1) is 11.1 Å². The molecule has 1 saturated heterocycles. The summed E-state index contributed by atoms with van der Waals surface area (Å²) in [5.41, 5.74) is 0.952. The standard InChI is InChI=1S/C17H25N3O5S/c1-11(2)15(16(21)22)19-17(23)18-14-5-4-10-20(14)26(24,25)13-8-6-12(3)7-9-13/h6-9,11,14-15H,4-5,10H2,1-3H3,(H,21,22)(H2,18,19,23)/t14-,15-/m1/s1. The number of nitrogens with zero attached hydrogens (tertiary/aromatic N) is 1. The molecule has 26 heavy (non-hydrogen) atoms. The maximum atomic E-state index is 12.8. The molecule has 0 unspecified atom stereocenters. The second-order valence-electron chi connectivity index (χ2n) is 6.76. The molecule has 0 spiro atoms. The zero-order valence-corrected chi connectivity index (χ0v) is 15.9. The Hall–Kier alpha value is -2.13. The van der Waals surface area contributed by atoms with E-state index in [9.17, 15) is 18.0 Å². The van der Waals surface area contributed by atoms with Crippen LogP contribution in [-0.4, -0.2) is 48.6 Å². The third-order valence-corrected chi connectivity index (χ3v) is 6.27. The number of sulfonamides is 1. The highest BCUT2D eigenvalue weighted by Crippen LogP contribution is 2.25. The molecule has 1 aliphatic rings. The number of aryl methyl sites for hydroxylation is 1. The highest BCUT2D eigenvalue weighted by atomic mass is 32.2. The Kier molecular flexibility index (Phi) is 6.25. The first kappa shape index (κ1) is 20.2. The van der Waals surface area contributed by atoms with Crippen molar-refractivity contribution in [3.05, 3.63) is 29.8 Å². The molecule has 8 nitrogen and oxygen atoms in total. The summed E-state index contributed by atoms with van der Waals surface area (Å²) in [6.45, 7) is 5.54. The number of nitrogens with one attached hydrogen (secondary N) is 2. The van der Waals surface area contributed by atoms with Crippen molar-refractivity contribution in [1.82, 2.24) is 14.9 Å². The van der Waals surface area contributed by atoms with Crippen LogP contribution < -0.4 is 10.6 Å². The Morgan fingerprint density at radius 2 is 1.85 bits per heavy atom. The molecule has 144 valence electrons. The molecule has 3 N–H and O–H groups in total. The topological polar surface area (TPSA) is 116 Å². The van der Waals surface area contributed by atoms with Crippen LogP contribution in [0.15, 0.2) is 29.2 Å². The van der Waals surface area contributed by atoms with Gasteiger partial charge in [-0.3, -0.25) is 0 Å². The zero-order chi connectivity index (χ0) is 19.5. The summed E-state index contributed by atoms with van der Waals surface area (Å²) in [5.74, 6) is -1.43. The van der Waals surface area contributed by atoms with E-state index >= 15 is 0 Å². The maximum Gasteiger partial charge on any atom is 0.326 e. The summed E-state index contributed by atoms with van der Waals surface area (Å²) in [5, 5.41) is 14.1. The third-order valence-electron chi connectivity index (χ3n) is 4.35. The minimum Gasteiger partial charge on any atom is -0.480 e. The number of carboxylic acid groups (broad SMARTS) is 1. The van der Waals surface area contributed by atoms with Crippen LogP contribution in [0, 0.1) is 12.8 Å². The van der Waals surface area contributed by atoms with E-state index in [1.807, 2.05) is 6.92 Å². The minimum atomic E-state index is -3.74. The number of rotatable bonds is 6. The van der Waals surface area contributed by atoms with Crippen molar-refractivity contribution >= 4 is 22.0 Å². The van der Waals surface area contributed by atoms with Gasteiger partial charge < -0.3 is 15.7 Å². The molecule has 0 bridgehead atoms. The zero-order valence-electron chi connectivity index (χ0n) is 15.1. The monoisotopic (exact) mass is 383 g/mol. The van der Waals surface area contributed by atoms with Gasteiger partial charge in [-0.15, -0.1) is 0 Å². The maximum absolute atomic E-state index is 12.8. The van der Waals surface area contributed by atoms with Gasteiger partial charge in [-0.05, 0) is 37.8 Å². The van der Waals surface area contributed by atoms with E-state index in [2.05, 4.69) is 10.6 Å². The van der Waals surface area contributed by atoms with Crippen molar-refractivity contribution in [2.75, 3.05) is 6.54 Å². The van der Waals surface area contributed by atoms with Crippen molar-refractivity contribution in [1.29, 1.82) is 0 Å². The van der Waals surface area contributed by atoms with E-state index < -0.39 is 34.2 Å². The molecule has 0 saturated carbocycles. The number of hydrogen-bond acceptors (Lipinski definition) is 4. The lowest BCUT2D eigenvalue weighted by Crippen LogP contribution is -2.54. The van der Waals surface area contributed by atoms with Gasteiger partial charge in [0.15, 0.2) is 0 Å². The largest absolute Gasteiger partial charge is 0.480 e. The van der Waals surface area contributed by atoms with E-state index in [0.717, 1.165) is 5.56 Å². The Morgan fingerprint density at radius 3 is 2.38 bits per heavy atom. The number of amides is 2. The van der Waals surface area contributed by atoms with Crippen LogP contribution in [0.5, 0.6) is 0 Å². The highest BCUT2D eigenvalue weighted by molar-refractivity contribution is 7.89. The average molecular weight is 383 g/mol. The van der Waals surface area contributed by atoms with Gasteiger partial charge in [0.1, 0.15) is 6.04 Å². The Bertz CT molecular complexity index is 761. The predicted molar refractivity (Wildman–Crippen MR) is 96.0 cm³/mol. The second kappa shape index (κ2) is 8.05. The molecule has 1 heterocycles. The molecular formula is C17H25N3O5S. The molecule has 2 atom stereocenters. The van der Waals surface area contributed by atoms with Gasteiger partial charge in [0.25, 0.3) is 0 Å². The number of carboxylic acids is 1. The van der Waals surface area contributed by atoms with E-state index in [1.54, 1.807) is 38.1 Å². The summed E-state index contributed by atoms with van der Waals surface area (Å²) < 4.78 is 26.9. The first-order valence-corrected chi connectivity index (χ1v) is 9.95. The van der Waals surface area contributed by atoms with E-state index in [1.165, 1.54) is 4.31 Å². The average Bonchev–Trinajstić information content (AvgIpc) is 3.01. The first-order valence-electron chi connectivity index (χ1n) is 8.51. The fraction of sp³-hybridized carbons (Fsp3) is 0.529. The highest BCUT2D eigenvalue weighted by Gasteiger charge is 2.36. The molecule has 0 aliphatic carbocycles. The van der Waals surface area contributed by atoms with Crippen molar-refractivity contribution in [3.63, 3.8) is 0 Å². The molecule has 9 heteroatoms. The summed E-state index contributed by atoms with van der Waals surface area (Å²) in [4.78, 5) is 23.5. The molecular weight excluding hydrogens is 358 g/mol. The van der Waals surface area contributed by atoms with Gasteiger partial charge in [0, 0.05) is 6.54 Å². The lowest BCUT2D eigenvalue weighted by Gasteiger charge is -2.26. The van der Waals surface area contributed by atoms with Crippen molar-refractivity contribution in [2.24, 2.45) is 5.92 Å². The predicted octanol–water partition coefficient (Wildman–Crippen LogP) is 1.51. The van der Waals surface area contributed by atoms with Gasteiger partial charge in [-0.25, -0.2) is 18.0 Å². The Balaban J connectivity index is 2.11. The van der Waals surface area contributed by atoms with Crippen LogP contribution in [0.25, 0.3) is 0 Å². The fourth-order valence-corrected chi connectivity index (χ4v) is 4.48. The first-order chi connectivity index (χ1) is 12.1. The van der Waals surface area contributed by atoms with E-state index in [4.69, 9.17) is 5.11 Å². The molecule has 0 aromatic heterocycles. The van der Waals surface area contributed by atoms with Gasteiger partial charge >= 0.3 is 12.0 Å². The summed E-state index contributed by atoms with van der Waals surface area (Å²) in [7, 11) is -3.74. The molecule has 1 aromatic rings. The van der Waals surface area contributed by atoms with E-state index in [-0.39, 0.29) is 10.8 Å². The lowest BCUT2D eigenvalue weighted by atomic mass is 10.1. The number of hydrogen-bond donors (Lipinski definition) is 3. The number of carbonyl (C=O) groups excluding carboxylic acids is 1. The molecule has 2 amide bonds. The molecule has 2 rings (SSSR count). The van der Waals surface area contributed by atoms with Crippen LogP contribution >= 0.6 is 0 Å². The summed E-state index contributed by atoms with van der Waals surface area (Å²) >= 11 is 0. The number of aliphatic carboxylic acids is 1. The second-order valence-corrected chi connectivity index (χ2v) is 8.66. The Labute approximate surface area is 153 Å². The van der Waals surface area contributed by atoms with Gasteiger partial charge in [-0.2, -0.15) is 4.31 Å². The Morgan fingerprint density at radius 1 is 1.23 bits per heavy atom. The van der Waals surface area contributed by atoms with E-state index in [0.29, 0.717) is 19.4 Å². The van der Waals surface area contributed by atoms with Crippen LogP contribution in [0.1, 0.15) is 32.3 Å². The molecule has 1 aromatic carbocycles. The molecule has 1 aliphatic heterocycles. The van der Waals surface area contributed by atoms with Crippen LogP contribution in [0.2, 0.25) is 0 Å². The summed E-state index contributed by atoms with van der Waals surface area (Å²) in [6, 6.07) is 4.79. The molecule has 1 fully saturated rings.